The fraction of sp³-hybridized carbons (Fsp3) is 0.708. The summed E-state index contributed by atoms with van der Waals surface area (Å²) >= 11 is 0. The number of sulfonamides is 2. The molecule has 0 unspecified atom stereocenters. The molecule has 6 fully saturated rings. The van der Waals surface area contributed by atoms with Crippen molar-refractivity contribution in [3.05, 3.63) is 71.8 Å². The predicted octanol–water partition coefficient (Wildman–Crippen LogP) is 6.69. The highest BCUT2D eigenvalue weighted by Gasteiger charge is 2.74. The minimum atomic E-state index is -3.69. The number of carbonyl (C=O) groups excluding carboxylic acids is 2. The minimum absolute atomic E-state index is 0.00309. The molecule has 2 spiro atoms. The van der Waals surface area contributed by atoms with E-state index in [1.807, 2.05) is 74.5 Å². The lowest BCUT2D eigenvalue weighted by atomic mass is 9.69. The summed E-state index contributed by atoms with van der Waals surface area (Å²) < 4.78 is 66.6. The van der Waals surface area contributed by atoms with Crippen LogP contribution in [-0.4, -0.2) is 96.5 Å². The van der Waals surface area contributed by atoms with Gasteiger partial charge in [-0.1, -0.05) is 115 Å². The van der Waals surface area contributed by atoms with Gasteiger partial charge in [-0.15, -0.1) is 0 Å². The summed E-state index contributed by atoms with van der Waals surface area (Å²) in [6.07, 6.45) is 5.47. The van der Waals surface area contributed by atoms with Crippen LogP contribution in [0.2, 0.25) is 0 Å². The average Bonchev–Trinajstić information content (AvgIpc) is 3.92. The highest BCUT2D eigenvalue weighted by Crippen LogP contribution is 2.71. The van der Waals surface area contributed by atoms with E-state index >= 15 is 0 Å². The molecule has 2 saturated heterocycles. The second kappa shape index (κ2) is 17.8. The van der Waals surface area contributed by atoms with E-state index in [1.54, 1.807) is 0 Å². The third-order valence-electron chi connectivity index (χ3n) is 16.8. The summed E-state index contributed by atoms with van der Waals surface area (Å²) in [7, 11) is -7.38. The molecule has 2 aromatic carbocycles. The lowest BCUT2D eigenvalue weighted by Crippen LogP contribution is -2.49. The number of amides is 2. The molecule has 0 radical (unpaired) electrons. The Balaban J connectivity index is 0.000000186. The van der Waals surface area contributed by atoms with Crippen LogP contribution in [0.1, 0.15) is 117 Å². The average molecular weight is 899 g/mol. The molecule has 2 N–H and O–H groups in total. The molecule has 12 nitrogen and oxygen atoms in total. The molecule has 62 heavy (non-hydrogen) atoms. The summed E-state index contributed by atoms with van der Waals surface area (Å²) in [5.74, 6) is -1.41. The Morgan fingerprint density at radius 2 is 1.00 bits per heavy atom. The van der Waals surface area contributed by atoms with Crippen LogP contribution < -0.4 is 0 Å². The van der Waals surface area contributed by atoms with Gasteiger partial charge in [0.2, 0.25) is 31.9 Å². The Morgan fingerprint density at radius 1 is 0.645 bits per heavy atom. The number of aliphatic hydroxyl groups is 2. The monoisotopic (exact) mass is 898 g/mol. The lowest BCUT2D eigenvalue weighted by Gasteiger charge is -2.37. The highest BCUT2D eigenvalue weighted by molar-refractivity contribution is 7.90. The SMILES string of the molecule is CCC[C@H](C(=O)N1[C@H]2C[C@@H]3CC[C@@]2(CS1(=O)=O)C3(C)C)[C@H](O)COCc1ccccc1.CCC[C@H](C(=O)N1[C@H]2C[C@@H]3CC[C@@]2(CS1(=O)=O)C3(C)C)[C@H](O)COCc1ccccc1. The number of carbonyl (C=O) groups is 2. The van der Waals surface area contributed by atoms with Crippen molar-refractivity contribution in [2.24, 2.45) is 45.3 Å². The van der Waals surface area contributed by atoms with E-state index in [0.29, 0.717) is 50.7 Å². The van der Waals surface area contributed by atoms with Gasteiger partial charge >= 0.3 is 0 Å². The summed E-state index contributed by atoms with van der Waals surface area (Å²) in [5.41, 5.74) is 1.10. The second-order valence-corrected chi connectivity index (χ2v) is 24.1. The summed E-state index contributed by atoms with van der Waals surface area (Å²) in [6, 6.07) is 18.7. The van der Waals surface area contributed by atoms with Gasteiger partial charge in [0.25, 0.3) is 0 Å². The number of fused-ring (bicyclic) bond motifs is 2. The molecule has 6 aliphatic rings. The quantitative estimate of drug-likeness (QED) is 0.185. The first kappa shape index (κ1) is 47.1. The number of ether oxygens (including phenoxy) is 2. The van der Waals surface area contributed by atoms with Crippen LogP contribution in [0.3, 0.4) is 0 Å². The van der Waals surface area contributed by atoms with Crippen molar-refractivity contribution < 1.29 is 46.1 Å². The van der Waals surface area contributed by atoms with Crippen LogP contribution >= 0.6 is 0 Å². The molecule has 4 aliphatic carbocycles. The molecule has 4 bridgehead atoms. The Morgan fingerprint density at radius 3 is 1.32 bits per heavy atom. The number of hydrogen-bond acceptors (Lipinski definition) is 10. The van der Waals surface area contributed by atoms with E-state index in [-0.39, 0.29) is 58.5 Å². The van der Waals surface area contributed by atoms with Crippen molar-refractivity contribution in [2.75, 3.05) is 24.7 Å². The number of nitrogens with zero attached hydrogens (tertiary/aromatic N) is 2. The van der Waals surface area contributed by atoms with Crippen molar-refractivity contribution in [1.82, 2.24) is 8.61 Å². The summed E-state index contributed by atoms with van der Waals surface area (Å²) in [6.45, 7) is 13.3. The first-order chi connectivity index (χ1) is 29.3. The normalized spacial score (nSPS) is 32.1. The van der Waals surface area contributed by atoms with Crippen molar-refractivity contribution in [2.45, 2.75) is 143 Å². The molecule has 2 amide bonds. The second-order valence-electron chi connectivity index (χ2n) is 20.4. The third kappa shape index (κ3) is 8.09. The molecule has 2 aliphatic heterocycles. The maximum Gasteiger partial charge on any atom is 0.242 e. The zero-order valence-corrected chi connectivity index (χ0v) is 39.2. The number of rotatable bonds is 16. The summed E-state index contributed by atoms with van der Waals surface area (Å²) in [4.78, 5) is 27.2. The van der Waals surface area contributed by atoms with Gasteiger partial charge in [0.1, 0.15) is 0 Å². The zero-order valence-electron chi connectivity index (χ0n) is 37.6. The van der Waals surface area contributed by atoms with Gasteiger partial charge in [-0.25, -0.2) is 25.4 Å². The number of benzene rings is 2. The zero-order chi connectivity index (χ0) is 44.9. The Kier molecular flexibility index (Phi) is 13.5. The fourth-order valence-electron chi connectivity index (χ4n) is 13.0. The maximum absolute atomic E-state index is 13.6. The van der Waals surface area contributed by atoms with Crippen molar-refractivity contribution in [1.29, 1.82) is 0 Å². The van der Waals surface area contributed by atoms with Gasteiger partial charge in [-0.3, -0.25) is 9.59 Å². The molecule has 10 atom stereocenters. The molecule has 14 heteroatoms. The van der Waals surface area contributed by atoms with Gasteiger partial charge in [0, 0.05) is 10.8 Å². The van der Waals surface area contributed by atoms with Crippen LogP contribution in [-0.2, 0) is 52.3 Å². The van der Waals surface area contributed by atoms with Crippen LogP contribution in [0.15, 0.2) is 60.7 Å². The standard InChI is InChI=1S/2C24H35NO5S/c2*1-4-8-19(20(26)15-30-14-17-9-6-5-7-10-17)22(27)25-21-13-18-11-12-24(21,23(18,2)3)16-31(25,28)29/h2*5-7,9-10,18-21,26H,4,8,11-16H2,1-3H3/t2*18-,19-,20+,21-,24-/m00/s1. The molecular formula is C48H70N2O10S2. The highest BCUT2D eigenvalue weighted by atomic mass is 32.2. The molecule has 4 saturated carbocycles. The van der Waals surface area contributed by atoms with E-state index in [0.717, 1.165) is 49.7 Å². The number of aliphatic hydroxyl groups excluding tert-OH is 2. The van der Waals surface area contributed by atoms with Crippen molar-refractivity contribution in [3.8, 4) is 0 Å². The largest absolute Gasteiger partial charge is 0.390 e. The number of hydrogen-bond donors (Lipinski definition) is 2. The third-order valence-corrected chi connectivity index (χ3v) is 20.6. The van der Waals surface area contributed by atoms with Gasteiger partial charge in [-0.05, 0) is 85.2 Å². The predicted molar refractivity (Wildman–Crippen MR) is 237 cm³/mol. The molecule has 344 valence electrons. The molecule has 0 aromatic heterocycles. The van der Waals surface area contributed by atoms with Crippen LogP contribution in [0.4, 0.5) is 0 Å². The van der Waals surface area contributed by atoms with Gasteiger partial charge in [-0.2, -0.15) is 0 Å². The van der Waals surface area contributed by atoms with Crippen LogP contribution in [0.5, 0.6) is 0 Å². The van der Waals surface area contributed by atoms with Crippen molar-refractivity contribution >= 4 is 31.9 Å². The van der Waals surface area contributed by atoms with Crippen LogP contribution in [0, 0.1) is 45.3 Å². The first-order valence-electron chi connectivity index (χ1n) is 23.0. The Hall–Kier alpha value is -2.88. The van der Waals surface area contributed by atoms with E-state index in [2.05, 4.69) is 27.7 Å². The smallest absolute Gasteiger partial charge is 0.242 e. The Labute approximate surface area is 370 Å². The van der Waals surface area contributed by atoms with E-state index < -0.39 is 55.9 Å². The van der Waals surface area contributed by atoms with E-state index in [9.17, 15) is 36.6 Å². The molecule has 2 aromatic rings. The molecular weight excluding hydrogens is 829 g/mol. The lowest BCUT2D eigenvalue weighted by molar-refractivity contribution is -0.140. The van der Waals surface area contributed by atoms with E-state index in [1.165, 1.54) is 8.61 Å². The van der Waals surface area contributed by atoms with Gasteiger partial charge in [0.15, 0.2) is 0 Å². The summed E-state index contributed by atoms with van der Waals surface area (Å²) in [5, 5.41) is 21.7. The fourth-order valence-corrected chi connectivity index (χ4v) is 18.2. The molecule has 2 heterocycles. The van der Waals surface area contributed by atoms with Gasteiger partial charge in [0.05, 0.1) is 74.1 Å². The topological polar surface area (TPSA) is 168 Å². The Bertz CT molecular complexity index is 1980. The van der Waals surface area contributed by atoms with Gasteiger partial charge < -0.3 is 19.7 Å². The maximum atomic E-state index is 13.6. The first-order valence-corrected chi connectivity index (χ1v) is 26.2. The van der Waals surface area contributed by atoms with Crippen LogP contribution in [0.25, 0.3) is 0 Å². The minimum Gasteiger partial charge on any atom is -0.390 e. The van der Waals surface area contributed by atoms with E-state index in [4.69, 9.17) is 9.47 Å². The van der Waals surface area contributed by atoms with Crippen molar-refractivity contribution in [3.63, 3.8) is 0 Å². The molecule has 8 rings (SSSR count).